The monoisotopic (exact) mass is 289 g/mol. The van der Waals surface area contributed by atoms with Gasteiger partial charge in [-0.05, 0) is 32.0 Å². The van der Waals surface area contributed by atoms with Crippen LogP contribution in [0.15, 0.2) is 29.8 Å². The summed E-state index contributed by atoms with van der Waals surface area (Å²) in [6, 6.07) is 7.75. The topological polar surface area (TPSA) is 45.2 Å². The molecule has 2 rings (SSSR count). The minimum atomic E-state index is 0.00951. The lowest BCUT2D eigenvalue weighted by Crippen LogP contribution is -2.21. The predicted octanol–water partition coefficient (Wildman–Crippen LogP) is 3.33. The number of amides is 1. The molecule has 0 aliphatic carbocycles. The van der Waals surface area contributed by atoms with Crippen LogP contribution in [0.1, 0.15) is 33.9 Å². The summed E-state index contributed by atoms with van der Waals surface area (Å²) in [4.78, 5) is 19.0. The molecular weight excluding hydrogens is 270 g/mol. The van der Waals surface area contributed by atoms with E-state index in [0.717, 1.165) is 11.4 Å². The Hall–Kier alpha value is -1.88. The summed E-state index contributed by atoms with van der Waals surface area (Å²) >= 11 is 1.64. The number of aryl methyl sites for hydroxylation is 1. The van der Waals surface area contributed by atoms with Gasteiger partial charge in [0.15, 0.2) is 0 Å². The van der Waals surface area contributed by atoms with Crippen molar-refractivity contribution < 1.29 is 4.79 Å². The standard InChI is InChI=1S/C15H19N3OS/c1-10-14(20-9-16-10)11(2)17-13-7-5-6-12(8-13)15(19)18(3)4/h5-9,11,17H,1-4H3. The first-order chi connectivity index (χ1) is 9.49. The van der Waals surface area contributed by atoms with Crippen LogP contribution in [0.2, 0.25) is 0 Å². The molecule has 1 unspecified atom stereocenters. The maximum atomic E-state index is 12.0. The van der Waals surface area contributed by atoms with Crippen molar-refractivity contribution in [1.29, 1.82) is 0 Å². The largest absolute Gasteiger partial charge is 0.378 e. The van der Waals surface area contributed by atoms with Gasteiger partial charge in [0.2, 0.25) is 0 Å². The van der Waals surface area contributed by atoms with E-state index < -0.39 is 0 Å². The van der Waals surface area contributed by atoms with E-state index in [4.69, 9.17) is 0 Å². The molecule has 0 aliphatic rings. The van der Waals surface area contributed by atoms with Crippen molar-refractivity contribution in [2.75, 3.05) is 19.4 Å². The van der Waals surface area contributed by atoms with Crippen LogP contribution < -0.4 is 5.32 Å². The molecule has 1 aromatic carbocycles. The summed E-state index contributed by atoms with van der Waals surface area (Å²) in [6.45, 7) is 4.11. The number of carbonyl (C=O) groups excluding carboxylic acids is 1. The van der Waals surface area contributed by atoms with Crippen LogP contribution in [0.3, 0.4) is 0 Å². The zero-order valence-electron chi connectivity index (χ0n) is 12.2. The normalized spacial score (nSPS) is 12.0. The number of anilines is 1. The lowest BCUT2D eigenvalue weighted by Gasteiger charge is -2.16. The molecule has 106 valence electrons. The van der Waals surface area contributed by atoms with Gasteiger partial charge in [-0.2, -0.15) is 0 Å². The Morgan fingerprint density at radius 1 is 1.40 bits per heavy atom. The van der Waals surface area contributed by atoms with Gasteiger partial charge in [0.25, 0.3) is 5.91 Å². The molecule has 1 N–H and O–H groups in total. The molecule has 0 saturated carbocycles. The number of aromatic nitrogens is 1. The van der Waals surface area contributed by atoms with E-state index in [1.165, 1.54) is 4.88 Å². The van der Waals surface area contributed by atoms with E-state index in [1.54, 1.807) is 30.3 Å². The predicted molar refractivity (Wildman–Crippen MR) is 83.3 cm³/mol. The summed E-state index contributed by atoms with van der Waals surface area (Å²) in [5.74, 6) is 0.00951. The first kappa shape index (κ1) is 14.5. The zero-order valence-corrected chi connectivity index (χ0v) is 13.0. The highest BCUT2D eigenvalue weighted by Gasteiger charge is 2.12. The van der Waals surface area contributed by atoms with Gasteiger partial charge >= 0.3 is 0 Å². The fraction of sp³-hybridized carbons (Fsp3) is 0.333. The van der Waals surface area contributed by atoms with Crippen molar-refractivity contribution in [2.45, 2.75) is 19.9 Å². The molecule has 0 spiro atoms. The molecule has 4 nitrogen and oxygen atoms in total. The molecule has 2 aromatic rings. The Morgan fingerprint density at radius 3 is 2.75 bits per heavy atom. The highest BCUT2D eigenvalue weighted by atomic mass is 32.1. The summed E-state index contributed by atoms with van der Waals surface area (Å²) in [5, 5.41) is 3.42. The van der Waals surface area contributed by atoms with Gasteiger partial charge in [-0.25, -0.2) is 4.98 Å². The van der Waals surface area contributed by atoms with Gasteiger partial charge in [-0.15, -0.1) is 11.3 Å². The third-order valence-corrected chi connectivity index (χ3v) is 4.19. The minimum Gasteiger partial charge on any atom is -0.378 e. The fourth-order valence-corrected chi connectivity index (χ4v) is 2.85. The van der Waals surface area contributed by atoms with Crippen LogP contribution in [-0.4, -0.2) is 29.9 Å². The van der Waals surface area contributed by atoms with Gasteiger partial charge in [-0.3, -0.25) is 4.79 Å². The Kier molecular flexibility index (Phi) is 4.39. The van der Waals surface area contributed by atoms with Gasteiger partial charge in [0.05, 0.1) is 17.2 Å². The van der Waals surface area contributed by atoms with E-state index in [0.29, 0.717) is 5.56 Å². The third kappa shape index (κ3) is 3.17. The Bertz CT molecular complexity index is 607. The van der Waals surface area contributed by atoms with Crippen molar-refractivity contribution in [3.63, 3.8) is 0 Å². The molecule has 1 amide bonds. The van der Waals surface area contributed by atoms with Gasteiger partial charge in [-0.1, -0.05) is 6.07 Å². The maximum absolute atomic E-state index is 12.0. The summed E-state index contributed by atoms with van der Waals surface area (Å²) in [7, 11) is 3.51. The lowest BCUT2D eigenvalue weighted by atomic mass is 10.1. The van der Waals surface area contributed by atoms with Crippen LogP contribution in [0.25, 0.3) is 0 Å². The van der Waals surface area contributed by atoms with E-state index in [-0.39, 0.29) is 11.9 Å². The molecule has 0 radical (unpaired) electrons. The second kappa shape index (κ2) is 6.05. The molecule has 20 heavy (non-hydrogen) atoms. The number of benzene rings is 1. The second-order valence-electron chi connectivity index (χ2n) is 4.95. The van der Waals surface area contributed by atoms with Gasteiger partial charge < -0.3 is 10.2 Å². The number of rotatable bonds is 4. The van der Waals surface area contributed by atoms with Crippen molar-refractivity contribution in [2.24, 2.45) is 0 Å². The van der Waals surface area contributed by atoms with Crippen molar-refractivity contribution in [3.8, 4) is 0 Å². The number of hydrogen-bond donors (Lipinski definition) is 1. The highest BCUT2D eigenvalue weighted by Crippen LogP contribution is 2.25. The lowest BCUT2D eigenvalue weighted by molar-refractivity contribution is 0.0827. The molecule has 5 heteroatoms. The second-order valence-corrected chi connectivity index (χ2v) is 5.83. The number of thiazole rings is 1. The third-order valence-electron chi connectivity index (χ3n) is 3.07. The van der Waals surface area contributed by atoms with Gasteiger partial charge in [0.1, 0.15) is 0 Å². The Labute approximate surface area is 123 Å². The fourth-order valence-electron chi connectivity index (χ4n) is 2.04. The van der Waals surface area contributed by atoms with Crippen LogP contribution in [0, 0.1) is 6.92 Å². The van der Waals surface area contributed by atoms with Crippen molar-refractivity contribution >= 4 is 22.9 Å². The zero-order chi connectivity index (χ0) is 14.7. The van der Waals surface area contributed by atoms with Crippen LogP contribution in [-0.2, 0) is 0 Å². The summed E-state index contributed by atoms with van der Waals surface area (Å²) in [5.41, 5.74) is 4.54. The Morgan fingerprint density at radius 2 is 2.15 bits per heavy atom. The first-order valence-corrected chi connectivity index (χ1v) is 7.35. The van der Waals surface area contributed by atoms with E-state index in [1.807, 2.05) is 36.7 Å². The molecule has 0 saturated heterocycles. The molecule has 0 aliphatic heterocycles. The summed E-state index contributed by atoms with van der Waals surface area (Å²) < 4.78 is 0. The average molecular weight is 289 g/mol. The molecule has 0 fully saturated rings. The number of nitrogens with one attached hydrogen (secondary N) is 1. The number of nitrogens with zero attached hydrogens (tertiary/aromatic N) is 2. The molecular formula is C15H19N3OS. The van der Waals surface area contributed by atoms with E-state index >= 15 is 0 Å². The maximum Gasteiger partial charge on any atom is 0.253 e. The van der Waals surface area contributed by atoms with Crippen LogP contribution >= 0.6 is 11.3 Å². The number of hydrogen-bond acceptors (Lipinski definition) is 4. The first-order valence-electron chi connectivity index (χ1n) is 6.47. The van der Waals surface area contributed by atoms with E-state index in [9.17, 15) is 4.79 Å². The molecule has 0 bridgehead atoms. The van der Waals surface area contributed by atoms with Crippen LogP contribution in [0.4, 0.5) is 5.69 Å². The highest BCUT2D eigenvalue weighted by molar-refractivity contribution is 7.09. The Balaban J connectivity index is 2.16. The smallest absolute Gasteiger partial charge is 0.253 e. The molecule has 1 aromatic heterocycles. The van der Waals surface area contributed by atoms with Gasteiger partial charge in [0, 0.05) is 30.2 Å². The summed E-state index contributed by atoms with van der Waals surface area (Å²) in [6.07, 6.45) is 0. The molecule has 1 atom stereocenters. The SMILES string of the molecule is Cc1ncsc1C(C)Nc1cccc(C(=O)N(C)C)c1. The van der Waals surface area contributed by atoms with Crippen molar-refractivity contribution in [1.82, 2.24) is 9.88 Å². The average Bonchev–Trinajstić information content (AvgIpc) is 2.84. The minimum absolute atomic E-state index is 0.00951. The molecule has 1 heterocycles. The van der Waals surface area contributed by atoms with E-state index in [2.05, 4.69) is 17.2 Å². The van der Waals surface area contributed by atoms with Crippen molar-refractivity contribution in [3.05, 3.63) is 45.9 Å². The quantitative estimate of drug-likeness (QED) is 0.939. The van der Waals surface area contributed by atoms with Crippen LogP contribution in [0.5, 0.6) is 0 Å². The number of carbonyl (C=O) groups is 1.